The van der Waals surface area contributed by atoms with Gasteiger partial charge in [-0.3, -0.25) is 9.59 Å². The number of amides is 4. The molecule has 4 aliphatic rings. The van der Waals surface area contributed by atoms with Crippen LogP contribution in [0.4, 0.5) is 39.1 Å². The molecule has 5 aromatic rings. The SMILES string of the molecule is COC(=O)N[C@H](C(=O)N1CCC[C@H]1c1nc2ccc([C@H]3CC[C@H](c4ccc5c(c4)NC([C@@H]4CCCN4C(=O)[C@@H](NC(=O)OC)C(C)C)N5)N3c3cnc(-c4ccc(C(F)(F)F)cc4)s3)cc2[nH]1)C(C)C. The van der Waals surface area contributed by atoms with Gasteiger partial charge in [0.15, 0.2) is 0 Å². The van der Waals surface area contributed by atoms with E-state index in [1.165, 1.54) is 37.7 Å². The van der Waals surface area contributed by atoms with Gasteiger partial charge in [-0.25, -0.2) is 19.6 Å². The van der Waals surface area contributed by atoms with Crippen molar-refractivity contribution < 1.29 is 41.8 Å². The number of thiazole rings is 1. The molecule has 4 aliphatic heterocycles. The van der Waals surface area contributed by atoms with Crippen LogP contribution in [-0.2, 0) is 25.2 Å². The van der Waals surface area contributed by atoms with E-state index in [0.717, 1.165) is 82.8 Å². The number of likely N-dealkylation sites (tertiary alicyclic amines) is 2. The summed E-state index contributed by atoms with van der Waals surface area (Å²) in [5.74, 6) is 0.00753. The highest BCUT2D eigenvalue weighted by Crippen LogP contribution is 2.51. The number of fused-ring (bicyclic) bond motifs is 2. The second kappa shape index (κ2) is 19.7. The standard InChI is InChI=1S/C50H59F3N10O6S/c1-26(2)41(59-48(66)68-5)46(64)61-21-7-9-38(61)43-55-32-17-13-29(23-34(32)57-43)36-19-20-37(63(36)40-25-54-45(70-40)28-11-15-31(16-12-28)50(51,52)53)30-14-18-33-35(24-30)58-44(56-33)39-10-8-22-62(39)47(65)42(27(3)4)60-49(67)69-6/h11-18,23-27,36-39,41-43,55,57H,7-10,19-22H2,1-6H3,(H,56,58)(H,59,66)(H,60,67)/t36-,37-,38+,39+,41+,42+,43?/m1/s1. The lowest BCUT2D eigenvalue weighted by Gasteiger charge is -2.33. The minimum Gasteiger partial charge on any atom is -0.453 e. The molecule has 9 rings (SSSR count). The number of H-pyrrole nitrogens is 1. The van der Waals surface area contributed by atoms with Crippen LogP contribution in [0.3, 0.4) is 0 Å². The number of carbonyl (C=O) groups excluding carboxylic acids is 4. The van der Waals surface area contributed by atoms with Crippen LogP contribution in [0.15, 0.2) is 66.9 Å². The van der Waals surface area contributed by atoms with E-state index in [1.54, 1.807) is 11.1 Å². The molecule has 4 amide bonds. The summed E-state index contributed by atoms with van der Waals surface area (Å²) >= 11 is 1.43. The third-order valence-electron chi connectivity index (χ3n) is 14.2. The number of methoxy groups -OCH3 is 2. The monoisotopic (exact) mass is 984 g/mol. The number of rotatable bonds is 12. The molecule has 70 heavy (non-hydrogen) atoms. The van der Waals surface area contributed by atoms with Gasteiger partial charge in [0.2, 0.25) is 11.8 Å². The van der Waals surface area contributed by atoms with Gasteiger partial charge in [-0.05, 0) is 97.9 Å². The number of alkyl carbamates (subject to hydrolysis) is 2. The molecule has 5 N–H and O–H groups in total. The fourth-order valence-corrected chi connectivity index (χ4v) is 11.6. The zero-order valence-electron chi connectivity index (χ0n) is 39.9. The van der Waals surface area contributed by atoms with E-state index < -0.39 is 36.0 Å². The van der Waals surface area contributed by atoms with E-state index in [-0.39, 0.29) is 54.0 Å². The molecular weight excluding hydrogens is 926 g/mol. The number of carbonyl (C=O) groups is 4. The van der Waals surface area contributed by atoms with Crippen molar-refractivity contribution in [2.75, 3.05) is 42.8 Å². The molecule has 0 radical (unpaired) electrons. The van der Waals surface area contributed by atoms with Crippen LogP contribution in [0.25, 0.3) is 21.6 Å². The van der Waals surface area contributed by atoms with E-state index in [0.29, 0.717) is 35.9 Å². The summed E-state index contributed by atoms with van der Waals surface area (Å²) in [5, 5.41) is 14.2. The number of hydrogen-bond acceptors (Lipinski definition) is 12. The van der Waals surface area contributed by atoms with Gasteiger partial charge in [0.1, 0.15) is 34.1 Å². The number of nitrogens with one attached hydrogen (secondary N) is 5. The highest BCUT2D eigenvalue weighted by atomic mass is 32.1. The lowest BCUT2D eigenvalue weighted by molar-refractivity contribution is -0.138. The van der Waals surface area contributed by atoms with Crippen LogP contribution in [0.1, 0.15) is 107 Å². The Morgan fingerprint density at radius 2 is 1.34 bits per heavy atom. The van der Waals surface area contributed by atoms with Crippen LogP contribution in [0, 0.1) is 11.8 Å². The lowest BCUT2D eigenvalue weighted by Crippen LogP contribution is -2.56. The van der Waals surface area contributed by atoms with Gasteiger partial charge in [-0.1, -0.05) is 63.3 Å². The van der Waals surface area contributed by atoms with Crippen molar-refractivity contribution in [3.63, 3.8) is 0 Å². The van der Waals surface area contributed by atoms with Gasteiger partial charge in [0.05, 0.1) is 72.6 Å². The zero-order valence-corrected chi connectivity index (χ0v) is 40.7. The summed E-state index contributed by atoms with van der Waals surface area (Å²) in [6.07, 6.45) is 0.414. The molecule has 0 spiro atoms. The fraction of sp³-hybridized carbons (Fsp3) is 0.480. The summed E-state index contributed by atoms with van der Waals surface area (Å²) < 4.78 is 50.2. The molecule has 2 aromatic heterocycles. The zero-order chi connectivity index (χ0) is 49.6. The third-order valence-corrected chi connectivity index (χ3v) is 15.2. The number of alkyl halides is 3. The van der Waals surface area contributed by atoms with Gasteiger partial charge < -0.3 is 50.4 Å². The molecule has 0 bridgehead atoms. The van der Waals surface area contributed by atoms with E-state index in [2.05, 4.69) is 61.5 Å². The molecular formula is C50H59F3N10O6S. The average molecular weight is 985 g/mol. The Kier molecular flexibility index (Phi) is 13.6. The summed E-state index contributed by atoms with van der Waals surface area (Å²) in [6, 6.07) is 15.4. The topological polar surface area (TPSA) is 186 Å². The highest BCUT2D eigenvalue weighted by molar-refractivity contribution is 7.18. The first-order valence-electron chi connectivity index (χ1n) is 23.9. The second-order valence-corrected chi connectivity index (χ2v) is 20.2. The number of imidazole rings is 1. The quantitative estimate of drug-likeness (QED) is 0.0802. The number of benzene rings is 3. The van der Waals surface area contributed by atoms with Crippen LogP contribution >= 0.6 is 11.3 Å². The minimum atomic E-state index is -4.46. The number of anilines is 3. The Morgan fingerprint density at radius 3 is 1.99 bits per heavy atom. The summed E-state index contributed by atoms with van der Waals surface area (Å²) in [4.78, 5) is 71.5. The number of hydrogen-bond donors (Lipinski definition) is 5. The normalized spacial score (nSPS) is 22.0. The molecule has 3 saturated heterocycles. The van der Waals surface area contributed by atoms with Gasteiger partial charge in [0.25, 0.3) is 0 Å². The van der Waals surface area contributed by atoms with E-state index >= 15 is 0 Å². The molecule has 16 nitrogen and oxygen atoms in total. The minimum absolute atomic E-state index is 0.114. The molecule has 0 aliphatic carbocycles. The number of aromatic nitrogens is 3. The molecule has 20 heteroatoms. The molecule has 3 aromatic carbocycles. The van der Waals surface area contributed by atoms with Crippen molar-refractivity contribution in [2.45, 2.75) is 115 Å². The van der Waals surface area contributed by atoms with Gasteiger partial charge >= 0.3 is 18.4 Å². The van der Waals surface area contributed by atoms with E-state index in [1.807, 2.05) is 38.7 Å². The van der Waals surface area contributed by atoms with Crippen molar-refractivity contribution in [1.29, 1.82) is 0 Å². The smallest absolute Gasteiger partial charge is 0.416 e. The summed E-state index contributed by atoms with van der Waals surface area (Å²) in [6.45, 7) is 8.65. The Balaban J connectivity index is 1.00. The maximum absolute atomic E-state index is 13.9. The van der Waals surface area contributed by atoms with Gasteiger partial charge in [-0.2, -0.15) is 13.2 Å². The first-order valence-corrected chi connectivity index (χ1v) is 24.7. The van der Waals surface area contributed by atoms with Crippen LogP contribution in [0.5, 0.6) is 0 Å². The Morgan fingerprint density at radius 1 is 0.743 bits per heavy atom. The van der Waals surface area contributed by atoms with Crippen molar-refractivity contribution in [3.8, 4) is 10.6 Å². The van der Waals surface area contributed by atoms with Gasteiger partial charge in [-0.15, -0.1) is 0 Å². The van der Waals surface area contributed by atoms with Crippen LogP contribution in [-0.4, -0.2) is 100 Å². The van der Waals surface area contributed by atoms with E-state index in [9.17, 15) is 32.3 Å². The van der Waals surface area contributed by atoms with Crippen molar-refractivity contribution in [1.82, 2.24) is 35.4 Å². The summed E-state index contributed by atoms with van der Waals surface area (Å²) in [7, 11) is 2.55. The molecule has 1 unspecified atom stereocenters. The lowest BCUT2D eigenvalue weighted by atomic mass is 10.0. The third kappa shape index (κ3) is 9.53. The molecule has 0 saturated carbocycles. The first-order chi connectivity index (χ1) is 33.5. The largest absolute Gasteiger partial charge is 0.453 e. The molecule has 372 valence electrons. The number of aromatic amines is 1. The first kappa shape index (κ1) is 48.5. The second-order valence-electron chi connectivity index (χ2n) is 19.2. The predicted octanol–water partition coefficient (Wildman–Crippen LogP) is 9.37. The Bertz CT molecular complexity index is 2750. The van der Waals surface area contributed by atoms with Crippen molar-refractivity contribution in [3.05, 3.63) is 89.4 Å². The van der Waals surface area contributed by atoms with Crippen LogP contribution < -0.4 is 26.2 Å². The number of nitrogens with zero attached hydrogens (tertiary/aromatic N) is 5. The van der Waals surface area contributed by atoms with E-state index in [4.69, 9.17) is 19.4 Å². The maximum atomic E-state index is 13.9. The van der Waals surface area contributed by atoms with Gasteiger partial charge in [0, 0.05) is 18.7 Å². The Hall–Kier alpha value is -6.57. The average Bonchev–Trinajstić information content (AvgIpc) is 4.21. The summed E-state index contributed by atoms with van der Waals surface area (Å²) in [5.41, 5.74) is 5.33. The maximum Gasteiger partial charge on any atom is 0.416 e. The number of ether oxygens (including phenoxy) is 2. The van der Waals surface area contributed by atoms with Crippen molar-refractivity contribution in [2.24, 2.45) is 11.8 Å². The van der Waals surface area contributed by atoms with Crippen LogP contribution in [0.2, 0.25) is 0 Å². The fourth-order valence-electron chi connectivity index (χ4n) is 10.6. The molecule has 3 fully saturated rings. The Labute approximate surface area is 408 Å². The number of halogens is 3. The van der Waals surface area contributed by atoms with Crippen molar-refractivity contribution >= 4 is 62.7 Å². The highest BCUT2D eigenvalue weighted by Gasteiger charge is 2.43. The molecule has 7 atom stereocenters. The predicted molar refractivity (Wildman–Crippen MR) is 260 cm³/mol. The molecule has 6 heterocycles.